The number of carboxylic acids is 1. The number of likely N-dealkylation sites (tertiary alicyclic amines) is 1. The monoisotopic (exact) mass is 171 g/mol. The molecular weight excluding hydrogens is 154 g/mol. The molecule has 3 heteroatoms. The van der Waals surface area contributed by atoms with Crippen LogP contribution in [0.1, 0.15) is 26.7 Å². The molecule has 1 aliphatic heterocycles. The molecule has 0 bridgehead atoms. The molecule has 1 heterocycles. The topological polar surface area (TPSA) is 40.5 Å². The minimum absolute atomic E-state index is 0.312. The van der Waals surface area contributed by atoms with E-state index in [9.17, 15) is 4.79 Å². The van der Waals surface area contributed by atoms with Crippen molar-refractivity contribution in [3.8, 4) is 0 Å². The van der Waals surface area contributed by atoms with Gasteiger partial charge < -0.3 is 5.11 Å². The Balaban J connectivity index is 2.45. The SMILES string of the molecule is CC(C(=O)O)N1CCC[C@H](C)C1. The fraction of sp³-hybridized carbons (Fsp3) is 0.889. The van der Waals surface area contributed by atoms with Gasteiger partial charge in [-0.05, 0) is 32.2 Å². The van der Waals surface area contributed by atoms with Crippen LogP contribution in [0.4, 0.5) is 0 Å². The van der Waals surface area contributed by atoms with Crippen LogP contribution in [0.15, 0.2) is 0 Å². The standard InChI is InChI=1S/C9H17NO2/c1-7-4-3-5-10(6-7)8(2)9(11)12/h7-8H,3-6H2,1-2H3,(H,11,12)/t7-,8?/m0/s1. The highest BCUT2D eigenvalue weighted by Crippen LogP contribution is 2.17. The Labute approximate surface area is 73.4 Å². The quantitative estimate of drug-likeness (QED) is 0.678. The Hall–Kier alpha value is -0.570. The van der Waals surface area contributed by atoms with Crippen LogP contribution in [0.2, 0.25) is 0 Å². The molecule has 0 saturated carbocycles. The van der Waals surface area contributed by atoms with Gasteiger partial charge in [-0.25, -0.2) is 0 Å². The number of aliphatic carboxylic acids is 1. The normalized spacial score (nSPS) is 28.3. The number of hydrogen-bond donors (Lipinski definition) is 1. The van der Waals surface area contributed by atoms with E-state index in [4.69, 9.17) is 5.11 Å². The molecule has 0 spiro atoms. The van der Waals surface area contributed by atoms with Crippen LogP contribution < -0.4 is 0 Å². The maximum absolute atomic E-state index is 10.7. The first-order valence-corrected chi connectivity index (χ1v) is 4.58. The predicted octanol–water partition coefficient (Wildman–Crippen LogP) is 1.19. The van der Waals surface area contributed by atoms with Crippen LogP contribution >= 0.6 is 0 Å². The van der Waals surface area contributed by atoms with Gasteiger partial charge in [-0.15, -0.1) is 0 Å². The van der Waals surface area contributed by atoms with Crippen molar-refractivity contribution >= 4 is 5.97 Å². The molecule has 0 aromatic rings. The smallest absolute Gasteiger partial charge is 0.320 e. The molecule has 0 aliphatic carbocycles. The molecule has 1 unspecified atom stereocenters. The molecule has 0 amide bonds. The van der Waals surface area contributed by atoms with Crippen molar-refractivity contribution in [1.82, 2.24) is 4.90 Å². The first-order valence-electron chi connectivity index (χ1n) is 4.58. The first kappa shape index (κ1) is 9.52. The molecule has 70 valence electrons. The van der Waals surface area contributed by atoms with E-state index in [2.05, 4.69) is 11.8 Å². The molecule has 1 rings (SSSR count). The van der Waals surface area contributed by atoms with Gasteiger partial charge in [0.2, 0.25) is 0 Å². The van der Waals surface area contributed by atoms with Gasteiger partial charge in [-0.2, -0.15) is 0 Å². The lowest BCUT2D eigenvalue weighted by molar-refractivity contribution is -0.143. The zero-order chi connectivity index (χ0) is 9.14. The minimum atomic E-state index is -0.705. The highest BCUT2D eigenvalue weighted by molar-refractivity contribution is 5.72. The van der Waals surface area contributed by atoms with Gasteiger partial charge in [0.25, 0.3) is 0 Å². The van der Waals surface area contributed by atoms with Crippen molar-refractivity contribution < 1.29 is 9.90 Å². The zero-order valence-electron chi connectivity index (χ0n) is 7.79. The van der Waals surface area contributed by atoms with Crippen molar-refractivity contribution in [3.05, 3.63) is 0 Å². The van der Waals surface area contributed by atoms with Gasteiger partial charge in [0.15, 0.2) is 0 Å². The summed E-state index contributed by atoms with van der Waals surface area (Å²) in [7, 11) is 0. The maximum Gasteiger partial charge on any atom is 0.320 e. The van der Waals surface area contributed by atoms with Crippen LogP contribution in [0, 0.1) is 5.92 Å². The summed E-state index contributed by atoms with van der Waals surface area (Å²) in [6.07, 6.45) is 2.38. The van der Waals surface area contributed by atoms with Gasteiger partial charge in [0.1, 0.15) is 6.04 Å². The minimum Gasteiger partial charge on any atom is -0.480 e. The summed E-state index contributed by atoms with van der Waals surface area (Å²) in [4.78, 5) is 12.7. The molecule has 0 aromatic heterocycles. The van der Waals surface area contributed by atoms with E-state index in [1.165, 1.54) is 6.42 Å². The lowest BCUT2D eigenvalue weighted by Crippen LogP contribution is -2.44. The zero-order valence-corrected chi connectivity index (χ0v) is 7.79. The highest BCUT2D eigenvalue weighted by Gasteiger charge is 2.24. The average Bonchev–Trinajstić information content (AvgIpc) is 2.03. The Kier molecular flexibility index (Phi) is 3.09. The summed E-state index contributed by atoms with van der Waals surface area (Å²) in [6, 6.07) is -0.312. The Morgan fingerprint density at radius 2 is 2.33 bits per heavy atom. The second-order valence-electron chi connectivity index (χ2n) is 3.76. The number of hydrogen-bond acceptors (Lipinski definition) is 2. The van der Waals surface area contributed by atoms with E-state index >= 15 is 0 Å². The van der Waals surface area contributed by atoms with E-state index in [-0.39, 0.29) is 6.04 Å². The maximum atomic E-state index is 10.7. The van der Waals surface area contributed by atoms with Gasteiger partial charge in [0.05, 0.1) is 0 Å². The molecule has 1 N–H and O–H groups in total. The van der Waals surface area contributed by atoms with Crippen molar-refractivity contribution in [3.63, 3.8) is 0 Å². The summed E-state index contributed by atoms with van der Waals surface area (Å²) in [5.41, 5.74) is 0. The van der Waals surface area contributed by atoms with E-state index in [0.29, 0.717) is 5.92 Å². The van der Waals surface area contributed by atoms with E-state index < -0.39 is 5.97 Å². The molecule has 12 heavy (non-hydrogen) atoms. The fourth-order valence-corrected chi connectivity index (χ4v) is 1.73. The number of nitrogens with zero attached hydrogens (tertiary/aromatic N) is 1. The van der Waals surface area contributed by atoms with Crippen LogP contribution in [0.3, 0.4) is 0 Å². The molecular formula is C9H17NO2. The van der Waals surface area contributed by atoms with Gasteiger partial charge >= 0.3 is 5.97 Å². The largest absolute Gasteiger partial charge is 0.480 e. The highest BCUT2D eigenvalue weighted by atomic mass is 16.4. The average molecular weight is 171 g/mol. The molecule has 2 atom stereocenters. The van der Waals surface area contributed by atoms with Crippen LogP contribution in [0.5, 0.6) is 0 Å². The number of rotatable bonds is 2. The van der Waals surface area contributed by atoms with Crippen molar-refractivity contribution in [2.24, 2.45) is 5.92 Å². The Morgan fingerprint density at radius 1 is 1.67 bits per heavy atom. The summed E-state index contributed by atoms with van der Waals surface area (Å²) >= 11 is 0. The predicted molar refractivity (Wildman–Crippen MR) is 47.1 cm³/mol. The van der Waals surface area contributed by atoms with E-state index in [0.717, 1.165) is 19.5 Å². The van der Waals surface area contributed by atoms with Crippen molar-refractivity contribution in [2.75, 3.05) is 13.1 Å². The molecule has 3 nitrogen and oxygen atoms in total. The Bertz CT molecular complexity index is 170. The molecule has 0 radical (unpaired) electrons. The third-order valence-electron chi connectivity index (χ3n) is 2.59. The van der Waals surface area contributed by atoms with Crippen LogP contribution in [-0.2, 0) is 4.79 Å². The van der Waals surface area contributed by atoms with Crippen molar-refractivity contribution in [1.29, 1.82) is 0 Å². The van der Waals surface area contributed by atoms with E-state index in [1.54, 1.807) is 6.92 Å². The van der Waals surface area contributed by atoms with Gasteiger partial charge in [-0.1, -0.05) is 6.92 Å². The van der Waals surface area contributed by atoms with Crippen molar-refractivity contribution in [2.45, 2.75) is 32.7 Å². The second-order valence-corrected chi connectivity index (χ2v) is 3.76. The second kappa shape index (κ2) is 3.90. The van der Waals surface area contributed by atoms with Gasteiger partial charge in [0, 0.05) is 6.54 Å². The molecule has 1 fully saturated rings. The molecule has 1 saturated heterocycles. The molecule has 1 aliphatic rings. The summed E-state index contributed by atoms with van der Waals surface area (Å²) in [5.74, 6) is -0.0513. The van der Waals surface area contributed by atoms with Crippen LogP contribution in [-0.4, -0.2) is 35.1 Å². The number of carboxylic acid groups (broad SMARTS) is 1. The molecule has 0 aromatic carbocycles. The first-order chi connectivity index (χ1) is 5.61. The number of piperidine rings is 1. The number of carbonyl (C=O) groups is 1. The van der Waals surface area contributed by atoms with Crippen LogP contribution in [0.25, 0.3) is 0 Å². The van der Waals surface area contributed by atoms with E-state index in [1.807, 2.05) is 0 Å². The lowest BCUT2D eigenvalue weighted by Gasteiger charge is -2.33. The van der Waals surface area contributed by atoms with Gasteiger partial charge in [-0.3, -0.25) is 9.69 Å². The summed E-state index contributed by atoms with van der Waals surface area (Å²) in [6.45, 7) is 5.83. The third-order valence-corrected chi connectivity index (χ3v) is 2.59. The summed E-state index contributed by atoms with van der Waals surface area (Å²) in [5, 5.41) is 8.78. The Morgan fingerprint density at radius 3 is 2.83 bits per heavy atom. The lowest BCUT2D eigenvalue weighted by atomic mass is 9.99. The summed E-state index contributed by atoms with van der Waals surface area (Å²) < 4.78 is 0. The third kappa shape index (κ3) is 2.21. The fourth-order valence-electron chi connectivity index (χ4n) is 1.73.